The highest BCUT2D eigenvalue weighted by molar-refractivity contribution is 6.29. The van der Waals surface area contributed by atoms with Crippen LogP contribution < -0.4 is 5.32 Å². The molecule has 0 aliphatic rings. The number of carbonyl (C=O) groups is 1. The molecule has 0 atom stereocenters. The molecule has 0 fully saturated rings. The van der Waals surface area contributed by atoms with Gasteiger partial charge in [0.2, 0.25) is 0 Å². The van der Waals surface area contributed by atoms with Gasteiger partial charge in [0, 0.05) is 0 Å². The Morgan fingerprint density at radius 2 is 2.17 bits per heavy atom. The number of nitrogens with one attached hydrogen (secondary N) is 1. The normalized spacial score (nSPS) is 10.1. The molecule has 1 aromatic carbocycles. The Labute approximate surface area is 108 Å². The summed E-state index contributed by atoms with van der Waals surface area (Å²) < 4.78 is 0. The molecule has 2 aromatic rings. The number of aromatic hydroxyl groups is 1. The summed E-state index contributed by atoms with van der Waals surface area (Å²) in [5, 5.41) is 12.5. The van der Waals surface area contributed by atoms with Crippen LogP contribution in [-0.2, 0) is 0 Å². The highest BCUT2D eigenvalue weighted by Crippen LogP contribution is 2.22. The largest absolute Gasteiger partial charge is 0.507 e. The number of phenolic OH excluding ortho intramolecular Hbond substituents is 1. The summed E-state index contributed by atoms with van der Waals surface area (Å²) in [5.74, 6) is -0.286. The van der Waals surface area contributed by atoms with Crippen LogP contribution >= 0.6 is 11.6 Å². The van der Waals surface area contributed by atoms with Gasteiger partial charge in [-0.1, -0.05) is 23.7 Å². The van der Waals surface area contributed by atoms with Crippen molar-refractivity contribution in [2.45, 2.75) is 6.92 Å². The molecule has 6 heteroatoms. The topological polar surface area (TPSA) is 75.1 Å². The number of rotatable bonds is 2. The van der Waals surface area contributed by atoms with Gasteiger partial charge in [-0.05, 0) is 18.6 Å². The van der Waals surface area contributed by atoms with E-state index in [2.05, 4.69) is 15.3 Å². The lowest BCUT2D eigenvalue weighted by Crippen LogP contribution is -2.13. The highest BCUT2D eigenvalue weighted by atomic mass is 35.5. The van der Waals surface area contributed by atoms with E-state index >= 15 is 0 Å². The average molecular weight is 264 g/mol. The van der Waals surface area contributed by atoms with Crippen molar-refractivity contribution in [2.75, 3.05) is 5.32 Å². The van der Waals surface area contributed by atoms with Crippen molar-refractivity contribution in [1.29, 1.82) is 0 Å². The Morgan fingerprint density at radius 1 is 1.39 bits per heavy atom. The van der Waals surface area contributed by atoms with Crippen molar-refractivity contribution in [3.8, 4) is 5.75 Å². The smallest absolute Gasteiger partial charge is 0.260 e. The molecular weight excluding hydrogens is 254 g/mol. The quantitative estimate of drug-likeness (QED) is 0.872. The number of aryl methyl sites for hydroxylation is 1. The summed E-state index contributed by atoms with van der Waals surface area (Å²) in [6.07, 6.45) is 2.73. The first kappa shape index (κ1) is 12.3. The first-order valence-corrected chi connectivity index (χ1v) is 5.53. The number of aromatic nitrogens is 2. The van der Waals surface area contributed by atoms with E-state index in [1.165, 1.54) is 18.5 Å². The molecule has 1 heterocycles. The first-order valence-electron chi connectivity index (χ1n) is 5.15. The molecule has 1 amide bonds. The lowest BCUT2D eigenvalue weighted by Gasteiger charge is -2.07. The summed E-state index contributed by atoms with van der Waals surface area (Å²) in [6.45, 7) is 1.71. The Hall–Kier alpha value is -2.14. The number of anilines is 1. The van der Waals surface area contributed by atoms with E-state index in [0.29, 0.717) is 5.56 Å². The second-order valence-electron chi connectivity index (χ2n) is 3.65. The van der Waals surface area contributed by atoms with Crippen LogP contribution in [-0.4, -0.2) is 21.0 Å². The summed E-state index contributed by atoms with van der Waals surface area (Å²) >= 11 is 5.66. The molecule has 0 bridgehead atoms. The molecule has 0 saturated heterocycles. The van der Waals surface area contributed by atoms with Crippen LogP contribution in [0, 0.1) is 6.92 Å². The number of hydrogen-bond acceptors (Lipinski definition) is 4. The fourth-order valence-electron chi connectivity index (χ4n) is 1.43. The third-order valence-electron chi connectivity index (χ3n) is 2.33. The second kappa shape index (κ2) is 5.01. The zero-order valence-corrected chi connectivity index (χ0v) is 10.3. The van der Waals surface area contributed by atoms with Gasteiger partial charge in [-0.15, -0.1) is 0 Å². The number of halogens is 1. The van der Waals surface area contributed by atoms with E-state index in [9.17, 15) is 9.90 Å². The Bertz CT molecular complexity index is 602. The predicted octanol–water partition coefficient (Wildman–Crippen LogP) is 2.40. The van der Waals surface area contributed by atoms with Crippen molar-refractivity contribution >= 4 is 23.3 Å². The number of para-hydroxylation sites is 1. The van der Waals surface area contributed by atoms with Crippen molar-refractivity contribution in [2.24, 2.45) is 0 Å². The fourth-order valence-corrected chi connectivity index (χ4v) is 1.58. The first-order chi connectivity index (χ1) is 8.58. The summed E-state index contributed by atoms with van der Waals surface area (Å²) in [4.78, 5) is 19.6. The number of carbonyl (C=O) groups excluding carboxylic acids is 1. The number of phenols is 1. The molecule has 0 radical (unpaired) electrons. The molecule has 92 valence electrons. The maximum absolute atomic E-state index is 11.9. The molecule has 0 saturated carbocycles. The minimum atomic E-state index is -0.465. The Kier molecular flexibility index (Phi) is 3.43. The van der Waals surface area contributed by atoms with E-state index in [4.69, 9.17) is 11.6 Å². The van der Waals surface area contributed by atoms with E-state index in [1.807, 2.05) is 0 Å². The predicted molar refractivity (Wildman–Crippen MR) is 67.8 cm³/mol. The van der Waals surface area contributed by atoms with Crippen LogP contribution in [0.4, 0.5) is 5.82 Å². The van der Waals surface area contributed by atoms with Crippen molar-refractivity contribution in [1.82, 2.24) is 9.97 Å². The van der Waals surface area contributed by atoms with Crippen LogP contribution in [0.1, 0.15) is 15.9 Å². The standard InChI is InChI=1S/C12H10ClN3O2/c1-7-3-2-4-8(11(7)17)12(18)16-10-6-14-5-9(13)15-10/h2-6,17H,1H3,(H,15,16,18). The van der Waals surface area contributed by atoms with Crippen LogP contribution in [0.2, 0.25) is 5.15 Å². The molecule has 2 rings (SSSR count). The number of hydrogen-bond donors (Lipinski definition) is 2. The van der Waals surface area contributed by atoms with Crippen LogP contribution in [0.15, 0.2) is 30.6 Å². The molecule has 5 nitrogen and oxygen atoms in total. The third kappa shape index (κ3) is 2.57. The van der Waals surface area contributed by atoms with Gasteiger partial charge in [0.05, 0.1) is 18.0 Å². The van der Waals surface area contributed by atoms with E-state index in [-0.39, 0.29) is 22.3 Å². The monoisotopic (exact) mass is 263 g/mol. The molecule has 0 aliphatic heterocycles. The summed E-state index contributed by atoms with van der Waals surface area (Å²) in [7, 11) is 0. The lowest BCUT2D eigenvalue weighted by molar-refractivity contribution is 0.102. The van der Waals surface area contributed by atoms with E-state index in [0.717, 1.165) is 0 Å². The molecular formula is C12H10ClN3O2. The zero-order chi connectivity index (χ0) is 13.1. The van der Waals surface area contributed by atoms with Gasteiger partial charge >= 0.3 is 0 Å². The zero-order valence-electron chi connectivity index (χ0n) is 9.51. The second-order valence-corrected chi connectivity index (χ2v) is 4.04. The van der Waals surface area contributed by atoms with Crippen LogP contribution in [0.25, 0.3) is 0 Å². The number of nitrogens with zero attached hydrogens (tertiary/aromatic N) is 2. The van der Waals surface area contributed by atoms with Gasteiger partial charge in [0.25, 0.3) is 5.91 Å². The SMILES string of the molecule is Cc1cccc(C(=O)Nc2cncc(Cl)n2)c1O. The van der Waals surface area contributed by atoms with Gasteiger partial charge in [0.1, 0.15) is 10.9 Å². The molecule has 1 aromatic heterocycles. The Balaban J connectivity index is 2.25. The van der Waals surface area contributed by atoms with E-state index < -0.39 is 5.91 Å². The third-order valence-corrected chi connectivity index (χ3v) is 2.51. The van der Waals surface area contributed by atoms with Gasteiger partial charge < -0.3 is 10.4 Å². The average Bonchev–Trinajstić information content (AvgIpc) is 2.32. The van der Waals surface area contributed by atoms with Gasteiger partial charge in [-0.2, -0.15) is 0 Å². The minimum absolute atomic E-state index is 0.0509. The van der Waals surface area contributed by atoms with Crippen LogP contribution in [0.3, 0.4) is 0 Å². The minimum Gasteiger partial charge on any atom is -0.507 e. The molecule has 0 aliphatic carbocycles. The lowest BCUT2D eigenvalue weighted by atomic mass is 10.1. The maximum atomic E-state index is 11.9. The highest BCUT2D eigenvalue weighted by Gasteiger charge is 2.13. The van der Waals surface area contributed by atoms with Gasteiger partial charge in [-0.25, -0.2) is 4.98 Å². The molecule has 0 unspecified atom stereocenters. The molecule has 2 N–H and O–H groups in total. The number of benzene rings is 1. The van der Waals surface area contributed by atoms with Gasteiger partial charge in [0.15, 0.2) is 5.82 Å². The van der Waals surface area contributed by atoms with Gasteiger partial charge in [-0.3, -0.25) is 9.78 Å². The summed E-state index contributed by atoms with van der Waals surface area (Å²) in [6, 6.07) is 4.93. The molecule has 18 heavy (non-hydrogen) atoms. The molecule has 0 spiro atoms. The van der Waals surface area contributed by atoms with E-state index in [1.54, 1.807) is 19.1 Å². The van der Waals surface area contributed by atoms with Crippen molar-refractivity contribution < 1.29 is 9.90 Å². The van der Waals surface area contributed by atoms with Crippen molar-refractivity contribution in [3.63, 3.8) is 0 Å². The maximum Gasteiger partial charge on any atom is 0.260 e. The number of amides is 1. The fraction of sp³-hybridized carbons (Fsp3) is 0.0833. The summed E-state index contributed by atoms with van der Waals surface area (Å²) in [5.41, 5.74) is 0.802. The van der Waals surface area contributed by atoms with Crippen molar-refractivity contribution in [3.05, 3.63) is 46.9 Å². The van der Waals surface area contributed by atoms with Crippen LogP contribution in [0.5, 0.6) is 5.75 Å². The Morgan fingerprint density at radius 3 is 2.89 bits per heavy atom.